The number of hydrogen-bond acceptors (Lipinski definition) is 4. The highest BCUT2D eigenvalue weighted by Crippen LogP contribution is 2.06. The first kappa shape index (κ1) is 8.71. The first-order chi connectivity index (χ1) is 6.88. The van der Waals surface area contributed by atoms with Gasteiger partial charge in [0.25, 0.3) is 0 Å². The molecule has 5 heteroatoms. The highest BCUT2D eigenvalue weighted by molar-refractivity contribution is 5.35. The van der Waals surface area contributed by atoms with Crippen molar-refractivity contribution in [2.24, 2.45) is 5.84 Å². The van der Waals surface area contributed by atoms with Crippen LogP contribution in [-0.4, -0.2) is 14.8 Å². The van der Waals surface area contributed by atoms with Crippen molar-refractivity contribution >= 4 is 5.82 Å². The van der Waals surface area contributed by atoms with Gasteiger partial charge in [-0.3, -0.25) is 4.68 Å². The monoisotopic (exact) mass is 189 g/mol. The SMILES string of the molecule is NNc1cc(Cn2cccn2)ccn1. The minimum Gasteiger partial charge on any atom is -0.308 e. The summed E-state index contributed by atoms with van der Waals surface area (Å²) in [4.78, 5) is 4.02. The Bertz CT molecular complexity index is 395. The van der Waals surface area contributed by atoms with Crippen LogP contribution in [0.1, 0.15) is 5.56 Å². The van der Waals surface area contributed by atoms with Crippen LogP contribution in [0.25, 0.3) is 0 Å². The molecule has 14 heavy (non-hydrogen) atoms. The number of hydrazine groups is 1. The van der Waals surface area contributed by atoms with Gasteiger partial charge in [0.2, 0.25) is 0 Å². The van der Waals surface area contributed by atoms with Gasteiger partial charge in [-0.25, -0.2) is 10.8 Å². The van der Waals surface area contributed by atoms with E-state index in [4.69, 9.17) is 5.84 Å². The summed E-state index contributed by atoms with van der Waals surface area (Å²) in [5, 5.41) is 4.11. The Kier molecular flexibility index (Phi) is 2.42. The van der Waals surface area contributed by atoms with E-state index in [1.54, 1.807) is 12.4 Å². The molecule has 72 valence electrons. The van der Waals surface area contributed by atoms with Gasteiger partial charge in [0.1, 0.15) is 5.82 Å². The Morgan fingerprint density at radius 1 is 1.43 bits per heavy atom. The molecule has 0 spiro atoms. The number of pyridine rings is 1. The van der Waals surface area contributed by atoms with Crippen LogP contribution in [0.3, 0.4) is 0 Å². The molecule has 2 aromatic rings. The normalized spacial score (nSPS) is 10.1. The van der Waals surface area contributed by atoms with Gasteiger partial charge in [0, 0.05) is 18.6 Å². The molecule has 0 saturated carbocycles. The number of nitrogens with zero attached hydrogens (tertiary/aromatic N) is 3. The quantitative estimate of drug-likeness (QED) is 0.548. The van der Waals surface area contributed by atoms with Crippen molar-refractivity contribution in [3.8, 4) is 0 Å². The Morgan fingerprint density at radius 2 is 2.36 bits per heavy atom. The van der Waals surface area contributed by atoms with Crippen molar-refractivity contribution in [3.05, 3.63) is 42.4 Å². The second kappa shape index (κ2) is 3.89. The fourth-order valence-corrected chi connectivity index (χ4v) is 1.23. The van der Waals surface area contributed by atoms with E-state index >= 15 is 0 Å². The molecule has 0 amide bonds. The molecule has 0 aromatic carbocycles. The maximum Gasteiger partial charge on any atom is 0.140 e. The topological polar surface area (TPSA) is 68.8 Å². The zero-order valence-corrected chi connectivity index (χ0v) is 7.59. The van der Waals surface area contributed by atoms with E-state index in [-0.39, 0.29) is 0 Å². The van der Waals surface area contributed by atoms with Crippen LogP contribution in [0.4, 0.5) is 5.82 Å². The van der Waals surface area contributed by atoms with Crippen molar-refractivity contribution in [1.82, 2.24) is 14.8 Å². The lowest BCUT2D eigenvalue weighted by Gasteiger charge is -2.03. The third kappa shape index (κ3) is 1.89. The number of nitrogens with one attached hydrogen (secondary N) is 1. The third-order valence-electron chi connectivity index (χ3n) is 1.88. The second-order valence-corrected chi connectivity index (χ2v) is 2.90. The fourth-order valence-electron chi connectivity index (χ4n) is 1.23. The van der Waals surface area contributed by atoms with Crippen LogP contribution in [0, 0.1) is 0 Å². The Morgan fingerprint density at radius 3 is 3.07 bits per heavy atom. The van der Waals surface area contributed by atoms with E-state index in [1.165, 1.54) is 0 Å². The summed E-state index contributed by atoms with van der Waals surface area (Å²) in [5.74, 6) is 5.92. The van der Waals surface area contributed by atoms with Gasteiger partial charge in [0.15, 0.2) is 0 Å². The van der Waals surface area contributed by atoms with Crippen LogP contribution < -0.4 is 11.3 Å². The molecule has 2 aromatic heterocycles. The third-order valence-corrected chi connectivity index (χ3v) is 1.88. The number of anilines is 1. The molecule has 2 heterocycles. The summed E-state index contributed by atoms with van der Waals surface area (Å²) in [6.45, 7) is 0.726. The Hall–Kier alpha value is -1.88. The lowest BCUT2D eigenvalue weighted by atomic mass is 10.2. The minimum atomic E-state index is 0.662. The maximum absolute atomic E-state index is 5.26. The molecule has 3 N–H and O–H groups in total. The van der Waals surface area contributed by atoms with Crippen molar-refractivity contribution in [3.63, 3.8) is 0 Å². The largest absolute Gasteiger partial charge is 0.308 e. The molecule has 0 atom stereocenters. The fraction of sp³-hybridized carbons (Fsp3) is 0.111. The van der Waals surface area contributed by atoms with Crippen molar-refractivity contribution in [1.29, 1.82) is 0 Å². The highest BCUT2D eigenvalue weighted by atomic mass is 15.3. The van der Waals surface area contributed by atoms with Crippen LogP contribution in [0.5, 0.6) is 0 Å². The predicted molar refractivity (Wildman–Crippen MR) is 53.4 cm³/mol. The summed E-state index contributed by atoms with van der Waals surface area (Å²) in [6, 6.07) is 5.72. The smallest absolute Gasteiger partial charge is 0.140 e. The van der Waals surface area contributed by atoms with Crippen molar-refractivity contribution in [2.45, 2.75) is 6.54 Å². The summed E-state index contributed by atoms with van der Waals surface area (Å²) in [5.41, 5.74) is 3.61. The summed E-state index contributed by atoms with van der Waals surface area (Å²) in [6.07, 6.45) is 5.38. The first-order valence-corrected chi connectivity index (χ1v) is 4.27. The predicted octanol–water partition coefficient (Wildman–Crippen LogP) is 0.612. The van der Waals surface area contributed by atoms with Crippen molar-refractivity contribution in [2.75, 3.05) is 5.43 Å². The Balaban J connectivity index is 2.17. The van der Waals surface area contributed by atoms with Gasteiger partial charge >= 0.3 is 0 Å². The number of nitrogens with two attached hydrogens (primary N) is 1. The van der Waals surface area contributed by atoms with Gasteiger partial charge in [0.05, 0.1) is 6.54 Å². The molecule has 2 rings (SSSR count). The average Bonchev–Trinajstić information content (AvgIpc) is 2.71. The van der Waals surface area contributed by atoms with E-state index in [0.717, 1.165) is 12.1 Å². The molecule has 0 radical (unpaired) electrons. The second-order valence-electron chi connectivity index (χ2n) is 2.90. The van der Waals surface area contributed by atoms with Crippen LogP contribution in [0.15, 0.2) is 36.8 Å². The van der Waals surface area contributed by atoms with E-state index in [0.29, 0.717) is 5.82 Å². The molecule has 0 bridgehead atoms. The summed E-state index contributed by atoms with van der Waals surface area (Å²) < 4.78 is 1.84. The molecule has 5 nitrogen and oxygen atoms in total. The van der Waals surface area contributed by atoms with Gasteiger partial charge in [-0.15, -0.1) is 0 Å². The van der Waals surface area contributed by atoms with Crippen LogP contribution in [0.2, 0.25) is 0 Å². The molecule has 0 fully saturated rings. The number of rotatable bonds is 3. The molecular weight excluding hydrogens is 178 g/mol. The summed E-state index contributed by atoms with van der Waals surface area (Å²) in [7, 11) is 0. The van der Waals surface area contributed by atoms with E-state index in [1.807, 2.05) is 29.1 Å². The maximum atomic E-state index is 5.26. The van der Waals surface area contributed by atoms with E-state index in [2.05, 4.69) is 15.5 Å². The lowest BCUT2D eigenvalue weighted by Crippen LogP contribution is -2.09. The number of nitrogen functional groups attached to an aromatic ring is 1. The zero-order chi connectivity index (χ0) is 9.80. The van der Waals surface area contributed by atoms with Crippen LogP contribution in [-0.2, 0) is 6.54 Å². The lowest BCUT2D eigenvalue weighted by molar-refractivity contribution is 0.686. The van der Waals surface area contributed by atoms with Gasteiger partial charge in [-0.1, -0.05) is 0 Å². The Labute approximate surface area is 81.5 Å². The average molecular weight is 189 g/mol. The zero-order valence-electron chi connectivity index (χ0n) is 7.59. The van der Waals surface area contributed by atoms with E-state index in [9.17, 15) is 0 Å². The molecule has 0 aliphatic heterocycles. The van der Waals surface area contributed by atoms with Crippen molar-refractivity contribution < 1.29 is 0 Å². The van der Waals surface area contributed by atoms with Crippen LogP contribution >= 0.6 is 0 Å². The molecular formula is C9H11N5. The minimum absolute atomic E-state index is 0.662. The number of hydrogen-bond donors (Lipinski definition) is 2. The van der Waals surface area contributed by atoms with E-state index < -0.39 is 0 Å². The summed E-state index contributed by atoms with van der Waals surface area (Å²) >= 11 is 0. The number of aromatic nitrogens is 3. The molecule has 0 saturated heterocycles. The molecule has 0 aliphatic carbocycles. The molecule has 0 unspecified atom stereocenters. The standard InChI is InChI=1S/C9H11N5/c10-13-9-6-8(2-4-11-9)7-14-5-1-3-12-14/h1-6H,7,10H2,(H,11,13). The van der Waals surface area contributed by atoms with Gasteiger partial charge in [-0.05, 0) is 23.8 Å². The first-order valence-electron chi connectivity index (χ1n) is 4.27. The molecule has 0 aliphatic rings. The van der Waals surface area contributed by atoms with Gasteiger partial charge in [-0.2, -0.15) is 5.10 Å². The van der Waals surface area contributed by atoms with Gasteiger partial charge < -0.3 is 5.43 Å². The highest BCUT2D eigenvalue weighted by Gasteiger charge is 1.96.